The summed E-state index contributed by atoms with van der Waals surface area (Å²) < 4.78 is 10.8. The summed E-state index contributed by atoms with van der Waals surface area (Å²) in [5, 5.41) is 0. The summed E-state index contributed by atoms with van der Waals surface area (Å²) in [6, 6.07) is 7.86. The molecule has 0 fully saturated rings. The summed E-state index contributed by atoms with van der Waals surface area (Å²) in [5.74, 6) is 0.847. The van der Waals surface area contributed by atoms with Crippen LogP contribution in [0.5, 0.6) is 5.75 Å². The van der Waals surface area contributed by atoms with Crippen LogP contribution in [0.15, 0.2) is 24.3 Å². The molecule has 0 aliphatic carbocycles. The average molecular weight is 267 g/mol. The summed E-state index contributed by atoms with van der Waals surface area (Å²) in [7, 11) is 1.66. The van der Waals surface area contributed by atoms with Crippen LogP contribution in [0.4, 0.5) is 0 Å². The van der Waals surface area contributed by atoms with E-state index in [1.165, 1.54) is 0 Å². The molecule has 0 saturated carbocycles. The minimum absolute atomic E-state index is 0.149. The Morgan fingerprint density at radius 1 is 1.39 bits per heavy atom. The first kappa shape index (κ1) is 14.9. The predicted molar refractivity (Wildman–Crippen MR) is 77.8 cm³/mol. The standard InChI is InChI=1S/C14H21NO2S/c1-14(2,13(15)18)7-8-17-10-11-5-4-6-12(9-11)16-3/h4-6,9H,7-8,10H2,1-3H3,(H2,15,18). The molecule has 0 bridgehead atoms. The smallest absolute Gasteiger partial charge is 0.119 e. The third-order valence-corrected chi connectivity index (χ3v) is 3.49. The number of benzene rings is 1. The molecule has 0 aromatic heterocycles. The van der Waals surface area contributed by atoms with E-state index in [0.717, 1.165) is 17.7 Å². The van der Waals surface area contributed by atoms with Gasteiger partial charge in [0.2, 0.25) is 0 Å². The van der Waals surface area contributed by atoms with Crippen LogP contribution in [0.25, 0.3) is 0 Å². The second kappa shape index (κ2) is 6.71. The van der Waals surface area contributed by atoms with Crippen LogP contribution < -0.4 is 10.5 Å². The Bertz CT molecular complexity index is 405. The van der Waals surface area contributed by atoms with Crippen molar-refractivity contribution in [3.05, 3.63) is 29.8 Å². The van der Waals surface area contributed by atoms with Gasteiger partial charge in [-0.15, -0.1) is 0 Å². The van der Waals surface area contributed by atoms with Gasteiger partial charge in [0.15, 0.2) is 0 Å². The van der Waals surface area contributed by atoms with Crippen molar-refractivity contribution in [2.45, 2.75) is 26.9 Å². The summed E-state index contributed by atoms with van der Waals surface area (Å²) in [5.41, 5.74) is 6.61. The molecule has 0 unspecified atom stereocenters. The van der Waals surface area contributed by atoms with E-state index in [9.17, 15) is 0 Å². The number of methoxy groups -OCH3 is 1. The van der Waals surface area contributed by atoms with Crippen LogP contribution in [0, 0.1) is 5.41 Å². The van der Waals surface area contributed by atoms with Gasteiger partial charge in [-0.05, 0) is 24.1 Å². The van der Waals surface area contributed by atoms with Crippen molar-refractivity contribution in [3.63, 3.8) is 0 Å². The highest BCUT2D eigenvalue weighted by Crippen LogP contribution is 2.21. The predicted octanol–water partition coefficient (Wildman–Crippen LogP) is 2.91. The summed E-state index contributed by atoms with van der Waals surface area (Å²) in [6.45, 7) is 5.28. The lowest BCUT2D eigenvalue weighted by Crippen LogP contribution is -2.30. The third-order valence-electron chi connectivity index (χ3n) is 2.94. The number of rotatable bonds is 7. The van der Waals surface area contributed by atoms with Gasteiger partial charge in [0.25, 0.3) is 0 Å². The van der Waals surface area contributed by atoms with Crippen LogP contribution in [0.1, 0.15) is 25.8 Å². The fourth-order valence-corrected chi connectivity index (χ4v) is 1.50. The van der Waals surface area contributed by atoms with Gasteiger partial charge in [0, 0.05) is 12.0 Å². The molecule has 0 amide bonds. The first-order valence-corrected chi connectivity index (χ1v) is 6.37. The maximum atomic E-state index is 5.66. The zero-order valence-electron chi connectivity index (χ0n) is 11.2. The number of hydrogen-bond donors (Lipinski definition) is 1. The molecule has 0 saturated heterocycles. The second-order valence-electron chi connectivity index (χ2n) is 4.90. The number of thiocarbonyl (C=S) groups is 1. The van der Waals surface area contributed by atoms with Crippen LogP contribution >= 0.6 is 12.2 Å². The summed E-state index contributed by atoms with van der Waals surface area (Å²) in [4.78, 5) is 0.535. The molecule has 18 heavy (non-hydrogen) atoms. The first-order chi connectivity index (χ1) is 8.45. The molecule has 1 aromatic rings. The van der Waals surface area contributed by atoms with Crippen molar-refractivity contribution in [1.82, 2.24) is 0 Å². The van der Waals surface area contributed by atoms with Gasteiger partial charge < -0.3 is 15.2 Å². The van der Waals surface area contributed by atoms with E-state index >= 15 is 0 Å². The Kier molecular flexibility index (Phi) is 5.56. The van der Waals surface area contributed by atoms with Crippen LogP contribution in [0.2, 0.25) is 0 Å². The Hall–Kier alpha value is -1.13. The zero-order valence-corrected chi connectivity index (χ0v) is 12.0. The zero-order chi connectivity index (χ0) is 13.6. The number of ether oxygens (including phenoxy) is 2. The van der Waals surface area contributed by atoms with Crippen molar-refractivity contribution in [2.24, 2.45) is 11.1 Å². The fraction of sp³-hybridized carbons (Fsp3) is 0.500. The Balaban J connectivity index is 2.36. The normalized spacial score (nSPS) is 11.3. The Morgan fingerprint density at radius 3 is 2.72 bits per heavy atom. The lowest BCUT2D eigenvalue weighted by molar-refractivity contribution is 0.104. The lowest BCUT2D eigenvalue weighted by atomic mass is 9.90. The topological polar surface area (TPSA) is 44.5 Å². The maximum absolute atomic E-state index is 5.66. The highest BCUT2D eigenvalue weighted by Gasteiger charge is 2.20. The van der Waals surface area contributed by atoms with Crippen LogP contribution in [-0.2, 0) is 11.3 Å². The molecule has 1 aromatic carbocycles. The molecule has 0 aliphatic heterocycles. The largest absolute Gasteiger partial charge is 0.497 e. The molecular weight excluding hydrogens is 246 g/mol. The molecular formula is C14H21NO2S. The number of hydrogen-bond acceptors (Lipinski definition) is 3. The van der Waals surface area contributed by atoms with Crippen molar-refractivity contribution in [2.75, 3.05) is 13.7 Å². The van der Waals surface area contributed by atoms with E-state index in [-0.39, 0.29) is 5.41 Å². The molecule has 100 valence electrons. The molecule has 0 heterocycles. The van der Waals surface area contributed by atoms with E-state index < -0.39 is 0 Å². The molecule has 0 spiro atoms. The molecule has 1 rings (SSSR count). The molecule has 0 aliphatic rings. The van der Waals surface area contributed by atoms with Crippen molar-refractivity contribution in [1.29, 1.82) is 0 Å². The van der Waals surface area contributed by atoms with E-state index in [1.807, 2.05) is 38.1 Å². The van der Waals surface area contributed by atoms with Crippen molar-refractivity contribution < 1.29 is 9.47 Å². The fourth-order valence-electron chi connectivity index (χ4n) is 1.40. The van der Waals surface area contributed by atoms with E-state index in [0.29, 0.717) is 18.2 Å². The second-order valence-corrected chi connectivity index (χ2v) is 5.34. The molecule has 2 N–H and O–H groups in total. The Morgan fingerprint density at radius 2 is 2.11 bits per heavy atom. The van der Waals surface area contributed by atoms with E-state index in [1.54, 1.807) is 7.11 Å². The lowest BCUT2D eigenvalue weighted by Gasteiger charge is -2.22. The van der Waals surface area contributed by atoms with Crippen molar-refractivity contribution >= 4 is 17.2 Å². The SMILES string of the molecule is COc1cccc(COCCC(C)(C)C(N)=S)c1. The molecule has 0 radical (unpaired) electrons. The van der Waals surface area contributed by atoms with Crippen LogP contribution in [-0.4, -0.2) is 18.7 Å². The van der Waals surface area contributed by atoms with Gasteiger partial charge in [0.05, 0.1) is 18.7 Å². The third kappa shape index (κ3) is 4.63. The minimum Gasteiger partial charge on any atom is -0.497 e. The molecule has 0 atom stereocenters. The minimum atomic E-state index is -0.149. The van der Waals surface area contributed by atoms with Gasteiger partial charge in [-0.1, -0.05) is 38.2 Å². The van der Waals surface area contributed by atoms with E-state index in [4.69, 9.17) is 27.4 Å². The van der Waals surface area contributed by atoms with E-state index in [2.05, 4.69) is 0 Å². The maximum Gasteiger partial charge on any atom is 0.119 e. The van der Waals surface area contributed by atoms with Crippen LogP contribution in [0.3, 0.4) is 0 Å². The monoisotopic (exact) mass is 267 g/mol. The summed E-state index contributed by atoms with van der Waals surface area (Å²) >= 11 is 5.01. The molecule has 3 nitrogen and oxygen atoms in total. The number of nitrogens with two attached hydrogens (primary N) is 1. The quantitative estimate of drug-likeness (QED) is 0.609. The van der Waals surface area contributed by atoms with Gasteiger partial charge in [-0.25, -0.2) is 0 Å². The van der Waals surface area contributed by atoms with Gasteiger partial charge in [0.1, 0.15) is 5.75 Å². The summed E-state index contributed by atoms with van der Waals surface area (Å²) in [6.07, 6.45) is 0.826. The van der Waals surface area contributed by atoms with Gasteiger partial charge in [-0.3, -0.25) is 0 Å². The molecule has 4 heteroatoms. The first-order valence-electron chi connectivity index (χ1n) is 5.96. The Labute approximate surface area is 114 Å². The average Bonchev–Trinajstić information content (AvgIpc) is 2.35. The highest BCUT2D eigenvalue weighted by molar-refractivity contribution is 7.80. The van der Waals surface area contributed by atoms with Gasteiger partial charge >= 0.3 is 0 Å². The van der Waals surface area contributed by atoms with Gasteiger partial charge in [-0.2, -0.15) is 0 Å². The highest BCUT2D eigenvalue weighted by atomic mass is 32.1. The van der Waals surface area contributed by atoms with Crippen molar-refractivity contribution in [3.8, 4) is 5.75 Å².